The van der Waals surface area contributed by atoms with Crippen molar-refractivity contribution in [1.29, 1.82) is 0 Å². The number of amides is 1. The van der Waals surface area contributed by atoms with Crippen LogP contribution in [0, 0.1) is 5.82 Å². The van der Waals surface area contributed by atoms with Crippen LogP contribution in [0.5, 0.6) is 0 Å². The second kappa shape index (κ2) is 4.38. The van der Waals surface area contributed by atoms with Crippen LogP contribution in [0.25, 0.3) is 0 Å². The van der Waals surface area contributed by atoms with Crippen molar-refractivity contribution in [3.8, 4) is 0 Å². The molecule has 0 unspecified atom stereocenters. The van der Waals surface area contributed by atoms with E-state index in [1.807, 2.05) is 11.0 Å². The fourth-order valence-electron chi connectivity index (χ4n) is 3.17. The predicted octanol–water partition coefficient (Wildman–Crippen LogP) is 2.87. The molecule has 2 fully saturated rings. The predicted molar refractivity (Wildman–Crippen MR) is 67.7 cm³/mol. The summed E-state index contributed by atoms with van der Waals surface area (Å²) in [5.74, 6) is -0.0233. The zero-order chi connectivity index (χ0) is 12.6. The monoisotopic (exact) mass is 247 g/mol. The summed E-state index contributed by atoms with van der Waals surface area (Å²) in [6.45, 7) is 1.74. The molecule has 3 rings (SSSR count). The Morgan fingerprint density at radius 1 is 1.17 bits per heavy atom. The van der Waals surface area contributed by atoms with Crippen LogP contribution in [0.2, 0.25) is 0 Å². The van der Waals surface area contributed by atoms with Crippen LogP contribution < -0.4 is 0 Å². The highest BCUT2D eigenvalue weighted by Crippen LogP contribution is 2.45. The maximum absolute atomic E-state index is 13.4. The molecule has 1 heterocycles. The molecule has 2 aliphatic rings. The van der Waals surface area contributed by atoms with Crippen LogP contribution in [-0.2, 0) is 10.2 Å². The SMILES string of the molecule is O=C(N1CCCC1)C1(c2cccc(F)c2)CCC1. The first-order valence-corrected chi connectivity index (χ1v) is 6.78. The van der Waals surface area contributed by atoms with Gasteiger partial charge in [-0.15, -0.1) is 0 Å². The molecule has 0 bridgehead atoms. The molecule has 1 aromatic carbocycles. The number of hydrogen-bond acceptors (Lipinski definition) is 1. The van der Waals surface area contributed by atoms with E-state index < -0.39 is 5.41 Å². The minimum atomic E-state index is -0.424. The third-order valence-corrected chi connectivity index (χ3v) is 4.39. The Morgan fingerprint density at radius 2 is 1.89 bits per heavy atom. The van der Waals surface area contributed by atoms with E-state index in [1.165, 1.54) is 12.1 Å². The van der Waals surface area contributed by atoms with Gasteiger partial charge in [0.25, 0.3) is 0 Å². The molecule has 0 atom stereocenters. The van der Waals surface area contributed by atoms with Crippen molar-refractivity contribution < 1.29 is 9.18 Å². The molecule has 0 radical (unpaired) electrons. The summed E-state index contributed by atoms with van der Waals surface area (Å²) in [6, 6.07) is 6.58. The highest BCUT2D eigenvalue weighted by molar-refractivity contribution is 5.89. The number of halogens is 1. The molecule has 1 amide bonds. The van der Waals surface area contributed by atoms with Gasteiger partial charge in [0.1, 0.15) is 5.82 Å². The van der Waals surface area contributed by atoms with Gasteiger partial charge in [-0.05, 0) is 43.4 Å². The highest BCUT2D eigenvalue weighted by atomic mass is 19.1. The first-order chi connectivity index (χ1) is 8.72. The second-order valence-electron chi connectivity index (χ2n) is 5.45. The normalized spacial score (nSPS) is 21.7. The molecule has 0 N–H and O–H groups in total. The lowest BCUT2D eigenvalue weighted by atomic mass is 9.63. The molecule has 1 aromatic rings. The van der Waals surface area contributed by atoms with Gasteiger partial charge in [0, 0.05) is 13.1 Å². The average molecular weight is 247 g/mol. The zero-order valence-electron chi connectivity index (χ0n) is 10.5. The largest absolute Gasteiger partial charge is 0.342 e. The molecule has 1 aliphatic heterocycles. The third kappa shape index (κ3) is 1.73. The Morgan fingerprint density at radius 3 is 2.44 bits per heavy atom. The van der Waals surface area contributed by atoms with Gasteiger partial charge in [-0.3, -0.25) is 4.79 Å². The molecule has 0 spiro atoms. The van der Waals surface area contributed by atoms with Crippen LogP contribution >= 0.6 is 0 Å². The van der Waals surface area contributed by atoms with Crippen LogP contribution in [0.4, 0.5) is 4.39 Å². The summed E-state index contributed by atoms with van der Waals surface area (Å²) in [5.41, 5.74) is 0.442. The van der Waals surface area contributed by atoms with E-state index in [9.17, 15) is 9.18 Å². The van der Waals surface area contributed by atoms with E-state index in [-0.39, 0.29) is 11.7 Å². The van der Waals surface area contributed by atoms with Gasteiger partial charge in [0.2, 0.25) is 5.91 Å². The van der Waals surface area contributed by atoms with Crippen molar-refractivity contribution in [1.82, 2.24) is 4.90 Å². The minimum Gasteiger partial charge on any atom is -0.342 e. The maximum atomic E-state index is 13.4. The van der Waals surface area contributed by atoms with Gasteiger partial charge in [-0.1, -0.05) is 18.6 Å². The van der Waals surface area contributed by atoms with Gasteiger partial charge in [0.15, 0.2) is 0 Å². The number of carbonyl (C=O) groups is 1. The maximum Gasteiger partial charge on any atom is 0.233 e. The van der Waals surface area contributed by atoms with E-state index in [1.54, 1.807) is 6.07 Å². The Labute approximate surface area is 107 Å². The molecule has 0 aromatic heterocycles. The molecule has 1 saturated carbocycles. The fraction of sp³-hybridized carbons (Fsp3) is 0.533. The highest BCUT2D eigenvalue weighted by Gasteiger charge is 2.48. The molecule has 1 saturated heterocycles. The lowest BCUT2D eigenvalue weighted by Crippen LogP contribution is -2.50. The summed E-state index contributed by atoms with van der Waals surface area (Å²) in [7, 11) is 0. The average Bonchev–Trinajstić information content (AvgIpc) is 2.80. The summed E-state index contributed by atoms with van der Waals surface area (Å²) in [6.07, 6.45) is 5.00. The first-order valence-electron chi connectivity index (χ1n) is 6.78. The van der Waals surface area contributed by atoms with Gasteiger partial charge in [-0.2, -0.15) is 0 Å². The van der Waals surface area contributed by atoms with E-state index in [2.05, 4.69) is 0 Å². The lowest BCUT2D eigenvalue weighted by molar-refractivity contribution is -0.139. The van der Waals surface area contributed by atoms with Crippen molar-refractivity contribution in [3.63, 3.8) is 0 Å². The van der Waals surface area contributed by atoms with Gasteiger partial charge in [0.05, 0.1) is 5.41 Å². The van der Waals surface area contributed by atoms with Gasteiger partial charge < -0.3 is 4.90 Å². The third-order valence-electron chi connectivity index (χ3n) is 4.39. The van der Waals surface area contributed by atoms with E-state index in [4.69, 9.17) is 0 Å². The minimum absolute atomic E-state index is 0.219. The fourth-order valence-corrected chi connectivity index (χ4v) is 3.17. The van der Waals surface area contributed by atoms with Crippen LogP contribution in [-0.4, -0.2) is 23.9 Å². The molecule has 18 heavy (non-hydrogen) atoms. The quantitative estimate of drug-likeness (QED) is 0.787. The van der Waals surface area contributed by atoms with Crippen molar-refractivity contribution >= 4 is 5.91 Å². The Hall–Kier alpha value is -1.38. The van der Waals surface area contributed by atoms with Crippen molar-refractivity contribution in [2.45, 2.75) is 37.5 Å². The van der Waals surface area contributed by atoms with Gasteiger partial charge >= 0.3 is 0 Å². The second-order valence-corrected chi connectivity index (χ2v) is 5.45. The van der Waals surface area contributed by atoms with Crippen LogP contribution in [0.1, 0.15) is 37.7 Å². The molecule has 3 heteroatoms. The number of benzene rings is 1. The number of likely N-dealkylation sites (tertiary alicyclic amines) is 1. The topological polar surface area (TPSA) is 20.3 Å². The molecular weight excluding hydrogens is 229 g/mol. The summed E-state index contributed by atoms with van der Waals surface area (Å²) in [5, 5.41) is 0. The molecular formula is C15H18FNO. The Bertz CT molecular complexity index is 461. The van der Waals surface area contributed by atoms with E-state index >= 15 is 0 Å². The summed E-state index contributed by atoms with van der Waals surface area (Å²) in [4.78, 5) is 14.6. The summed E-state index contributed by atoms with van der Waals surface area (Å²) < 4.78 is 13.4. The zero-order valence-corrected chi connectivity index (χ0v) is 10.5. The lowest BCUT2D eigenvalue weighted by Gasteiger charge is -2.43. The van der Waals surface area contributed by atoms with Crippen molar-refractivity contribution in [3.05, 3.63) is 35.6 Å². The van der Waals surface area contributed by atoms with E-state index in [0.717, 1.165) is 50.8 Å². The molecule has 1 aliphatic carbocycles. The number of carbonyl (C=O) groups excluding carboxylic acids is 1. The standard InChI is InChI=1S/C15H18FNO/c16-13-6-3-5-12(11-13)15(7-4-8-15)14(18)17-9-1-2-10-17/h3,5-6,11H,1-2,4,7-10H2. The number of rotatable bonds is 2. The number of nitrogens with zero attached hydrogens (tertiary/aromatic N) is 1. The molecule has 2 nitrogen and oxygen atoms in total. The number of hydrogen-bond donors (Lipinski definition) is 0. The van der Waals surface area contributed by atoms with Gasteiger partial charge in [-0.25, -0.2) is 4.39 Å². The van der Waals surface area contributed by atoms with E-state index in [0.29, 0.717) is 0 Å². The smallest absolute Gasteiger partial charge is 0.233 e. The van der Waals surface area contributed by atoms with Crippen molar-refractivity contribution in [2.75, 3.05) is 13.1 Å². The van der Waals surface area contributed by atoms with Crippen LogP contribution in [0.15, 0.2) is 24.3 Å². The Kier molecular flexibility index (Phi) is 2.84. The van der Waals surface area contributed by atoms with Crippen LogP contribution in [0.3, 0.4) is 0 Å². The molecule has 96 valence electrons. The summed E-state index contributed by atoms with van der Waals surface area (Å²) >= 11 is 0. The Balaban J connectivity index is 1.92. The van der Waals surface area contributed by atoms with Crippen molar-refractivity contribution in [2.24, 2.45) is 0 Å². The first kappa shape index (κ1) is 11.7.